The molecule has 0 radical (unpaired) electrons. The predicted octanol–water partition coefficient (Wildman–Crippen LogP) is 2.92. The van der Waals surface area contributed by atoms with Crippen LogP contribution >= 0.6 is 11.8 Å². The lowest BCUT2D eigenvalue weighted by Gasteiger charge is -1.98. The SMILES string of the molecule is CSC(=N)/C=N/OCc1ccccc1.O=S(=O)(O)C(F)(F)F. The van der Waals surface area contributed by atoms with Gasteiger partial charge >= 0.3 is 15.6 Å². The van der Waals surface area contributed by atoms with Crippen molar-refractivity contribution in [1.82, 2.24) is 0 Å². The van der Waals surface area contributed by atoms with Crippen LogP contribution < -0.4 is 0 Å². The van der Waals surface area contributed by atoms with E-state index in [0.29, 0.717) is 11.7 Å². The Morgan fingerprint density at radius 2 is 1.91 bits per heavy atom. The van der Waals surface area contributed by atoms with E-state index in [4.69, 9.17) is 23.2 Å². The molecule has 0 saturated heterocycles. The first-order chi connectivity index (χ1) is 10.1. The van der Waals surface area contributed by atoms with E-state index in [0.717, 1.165) is 5.56 Å². The summed E-state index contributed by atoms with van der Waals surface area (Å²) in [5, 5.41) is 11.3. The summed E-state index contributed by atoms with van der Waals surface area (Å²) in [5.41, 5.74) is -4.46. The number of nitrogens with zero attached hydrogens (tertiary/aromatic N) is 1. The van der Waals surface area contributed by atoms with E-state index in [1.165, 1.54) is 18.0 Å². The van der Waals surface area contributed by atoms with E-state index < -0.39 is 15.6 Å². The van der Waals surface area contributed by atoms with Gasteiger partial charge in [-0.25, -0.2) is 0 Å². The zero-order chi connectivity index (χ0) is 17.2. The monoisotopic (exact) mass is 358 g/mol. The van der Waals surface area contributed by atoms with Crippen molar-refractivity contribution in [2.75, 3.05) is 6.26 Å². The van der Waals surface area contributed by atoms with E-state index in [-0.39, 0.29) is 0 Å². The zero-order valence-electron chi connectivity index (χ0n) is 11.2. The summed E-state index contributed by atoms with van der Waals surface area (Å²) in [6, 6.07) is 9.79. The highest BCUT2D eigenvalue weighted by atomic mass is 32.2. The van der Waals surface area contributed by atoms with Crippen molar-refractivity contribution in [2.24, 2.45) is 5.16 Å². The molecule has 1 aromatic rings. The van der Waals surface area contributed by atoms with Crippen LogP contribution in [0.5, 0.6) is 0 Å². The molecule has 6 nitrogen and oxygen atoms in total. The molecule has 1 rings (SSSR count). The second kappa shape index (κ2) is 9.43. The largest absolute Gasteiger partial charge is 0.522 e. The molecule has 0 amide bonds. The van der Waals surface area contributed by atoms with Gasteiger partial charge in [0.1, 0.15) is 11.7 Å². The molecule has 0 fully saturated rings. The molecule has 0 bridgehead atoms. The van der Waals surface area contributed by atoms with Crippen molar-refractivity contribution in [3.05, 3.63) is 35.9 Å². The van der Waals surface area contributed by atoms with Gasteiger partial charge in [0, 0.05) is 0 Å². The van der Waals surface area contributed by atoms with Gasteiger partial charge < -0.3 is 4.84 Å². The second-order valence-electron chi connectivity index (χ2n) is 3.48. The molecular weight excluding hydrogens is 345 g/mol. The molecule has 22 heavy (non-hydrogen) atoms. The summed E-state index contributed by atoms with van der Waals surface area (Å²) in [6.07, 6.45) is 3.22. The van der Waals surface area contributed by atoms with Crippen LogP contribution in [-0.4, -0.2) is 36.0 Å². The third kappa shape index (κ3) is 9.37. The molecule has 0 unspecified atom stereocenters. The Morgan fingerprint density at radius 1 is 1.41 bits per heavy atom. The molecule has 0 saturated carbocycles. The van der Waals surface area contributed by atoms with Crippen LogP contribution in [0.2, 0.25) is 0 Å². The minimum atomic E-state index is -5.84. The van der Waals surface area contributed by atoms with Crippen molar-refractivity contribution in [1.29, 1.82) is 5.41 Å². The van der Waals surface area contributed by atoms with Crippen LogP contribution in [0.1, 0.15) is 5.56 Å². The number of halogens is 3. The Kier molecular flexibility index (Phi) is 8.75. The smallest absolute Gasteiger partial charge is 0.391 e. The van der Waals surface area contributed by atoms with Crippen LogP contribution in [0.4, 0.5) is 13.2 Å². The Hall–Kier alpha value is -1.59. The second-order valence-corrected chi connectivity index (χ2v) is 5.74. The number of benzene rings is 1. The fraction of sp³-hybridized carbons (Fsp3) is 0.273. The summed E-state index contributed by atoms with van der Waals surface area (Å²) >= 11 is 1.33. The first kappa shape index (κ1) is 20.4. The molecule has 0 aliphatic carbocycles. The van der Waals surface area contributed by atoms with Crippen LogP contribution in [-0.2, 0) is 21.6 Å². The fourth-order valence-electron chi connectivity index (χ4n) is 0.824. The average molecular weight is 358 g/mol. The molecule has 11 heteroatoms. The van der Waals surface area contributed by atoms with Crippen LogP contribution in [0.3, 0.4) is 0 Å². The van der Waals surface area contributed by atoms with Gasteiger partial charge in [0.05, 0.1) is 6.21 Å². The third-order valence-electron chi connectivity index (χ3n) is 1.83. The predicted molar refractivity (Wildman–Crippen MR) is 78.6 cm³/mol. The Labute approximate surface area is 129 Å². The minimum Gasteiger partial charge on any atom is -0.391 e. The van der Waals surface area contributed by atoms with Gasteiger partial charge in [-0.2, -0.15) is 21.6 Å². The number of nitrogens with one attached hydrogen (secondary N) is 1. The Balaban J connectivity index is 0.000000472. The number of alkyl halides is 3. The molecule has 1 aromatic carbocycles. The van der Waals surface area contributed by atoms with Gasteiger partial charge in [0.2, 0.25) is 0 Å². The molecular formula is C11H13F3N2O4S2. The standard InChI is InChI=1S/C10H12N2OS.CHF3O3S/c1-14-10(11)7-12-13-8-9-5-3-2-4-6-9;2-1(3,4)8(5,6)7/h2-7,11H,8H2,1H3;(H,5,6,7)/b11-10?,12-7+;. The van der Waals surface area contributed by atoms with Crippen molar-refractivity contribution in [2.45, 2.75) is 12.1 Å². The highest BCUT2D eigenvalue weighted by molar-refractivity contribution is 8.14. The fourth-order valence-corrected chi connectivity index (χ4v) is 0.972. The van der Waals surface area contributed by atoms with Crippen LogP contribution in [0.25, 0.3) is 0 Å². The molecule has 0 aliphatic heterocycles. The minimum absolute atomic E-state index is 0.387. The number of thioether (sulfide) groups is 1. The Bertz CT molecular complexity index is 589. The molecule has 2 N–H and O–H groups in total. The van der Waals surface area contributed by atoms with Crippen molar-refractivity contribution >= 4 is 33.1 Å². The van der Waals surface area contributed by atoms with E-state index in [2.05, 4.69) is 5.16 Å². The number of hydrogen-bond acceptors (Lipinski definition) is 6. The quantitative estimate of drug-likeness (QED) is 0.283. The average Bonchev–Trinajstić information content (AvgIpc) is 2.43. The summed E-state index contributed by atoms with van der Waals surface area (Å²) in [5.74, 6) is 0. The number of oxime groups is 1. The summed E-state index contributed by atoms with van der Waals surface area (Å²) in [4.78, 5) is 5.01. The van der Waals surface area contributed by atoms with Gasteiger partial charge in [-0.15, -0.1) is 11.8 Å². The van der Waals surface area contributed by atoms with E-state index >= 15 is 0 Å². The van der Waals surface area contributed by atoms with Crippen LogP contribution in [0.15, 0.2) is 35.5 Å². The van der Waals surface area contributed by atoms with Gasteiger partial charge in [-0.1, -0.05) is 35.5 Å². The topological polar surface area (TPSA) is 99.8 Å². The maximum Gasteiger partial charge on any atom is 0.522 e. The number of hydrogen-bond donors (Lipinski definition) is 2. The maximum absolute atomic E-state index is 10.7. The lowest BCUT2D eigenvalue weighted by atomic mass is 10.2. The summed E-state index contributed by atoms with van der Waals surface area (Å²) < 4.78 is 57.5. The van der Waals surface area contributed by atoms with E-state index in [1.807, 2.05) is 36.6 Å². The number of rotatable bonds is 4. The van der Waals surface area contributed by atoms with Crippen LogP contribution in [0, 0.1) is 5.41 Å². The van der Waals surface area contributed by atoms with Gasteiger partial charge in [0.25, 0.3) is 0 Å². The first-order valence-electron chi connectivity index (χ1n) is 5.43. The molecule has 0 atom stereocenters. The van der Waals surface area contributed by atoms with Crippen molar-refractivity contribution in [3.63, 3.8) is 0 Å². The summed E-state index contributed by atoms with van der Waals surface area (Å²) in [7, 11) is -5.84. The van der Waals surface area contributed by atoms with E-state index in [1.54, 1.807) is 0 Å². The molecule has 0 heterocycles. The highest BCUT2D eigenvalue weighted by Gasteiger charge is 2.44. The summed E-state index contributed by atoms with van der Waals surface area (Å²) in [6.45, 7) is 0.443. The van der Waals surface area contributed by atoms with Gasteiger partial charge in [0.15, 0.2) is 0 Å². The van der Waals surface area contributed by atoms with E-state index in [9.17, 15) is 13.2 Å². The normalized spacial score (nSPS) is 11.7. The first-order valence-corrected chi connectivity index (χ1v) is 8.10. The highest BCUT2D eigenvalue weighted by Crippen LogP contribution is 2.20. The molecule has 0 aliphatic rings. The van der Waals surface area contributed by atoms with Crippen molar-refractivity contribution in [3.8, 4) is 0 Å². The zero-order valence-corrected chi connectivity index (χ0v) is 12.9. The van der Waals surface area contributed by atoms with Gasteiger partial charge in [-0.05, 0) is 11.8 Å². The molecule has 0 aromatic heterocycles. The lowest BCUT2D eigenvalue weighted by molar-refractivity contribution is -0.0510. The Morgan fingerprint density at radius 3 is 2.32 bits per heavy atom. The maximum atomic E-state index is 10.7. The lowest BCUT2D eigenvalue weighted by Crippen LogP contribution is -2.21. The van der Waals surface area contributed by atoms with Gasteiger partial charge in [-0.3, -0.25) is 9.96 Å². The molecule has 124 valence electrons. The van der Waals surface area contributed by atoms with Crippen molar-refractivity contribution < 1.29 is 31.0 Å². The molecule has 0 spiro atoms. The third-order valence-corrected chi connectivity index (χ3v) is 2.96.